The number of hydrogen-bond acceptors (Lipinski definition) is 6. The average Bonchev–Trinajstić information content (AvgIpc) is 3.37. The summed E-state index contributed by atoms with van der Waals surface area (Å²) in [5.41, 5.74) is 4.43. The molecular formula is C17H15N5S2. The van der Waals surface area contributed by atoms with Gasteiger partial charge >= 0.3 is 0 Å². The van der Waals surface area contributed by atoms with Gasteiger partial charge < -0.3 is 0 Å². The molecule has 1 aromatic carbocycles. The van der Waals surface area contributed by atoms with Crippen LogP contribution in [0.25, 0.3) is 22.0 Å². The summed E-state index contributed by atoms with van der Waals surface area (Å²) in [6.07, 6.45) is 1.05. The van der Waals surface area contributed by atoms with Crippen molar-refractivity contribution in [2.75, 3.05) is 0 Å². The summed E-state index contributed by atoms with van der Waals surface area (Å²) >= 11 is 3.26. The molecule has 0 atom stereocenters. The molecule has 0 amide bonds. The Hall–Kier alpha value is -2.38. The van der Waals surface area contributed by atoms with Gasteiger partial charge in [0.2, 0.25) is 5.82 Å². The lowest BCUT2D eigenvalue weighted by atomic mass is 10.1. The van der Waals surface area contributed by atoms with Crippen molar-refractivity contribution in [3.63, 3.8) is 0 Å². The van der Waals surface area contributed by atoms with Crippen molar-refractivity contribution in [1.29, 1.82) is 0 Å². The summed E-state index contributed by atoms with van der Waals surface area (Å²) in [4.78, 5) is 6.28. The fourth-order valence-corrected chi connectivity index (χ4v) is 3.81. The Morgan fingerprint density at radius 3 is 2.67 bits per heavy atom. The summed E-state index contributed by atoms with van der Waals surface area (Å²) in [5.74, 6) is 0.654. The van der Waals surface area contributed by atoms with Crippen LogP contribution in [0.1, 0.15) is 18.2 Å². The van der Waals surface area contributed by atoms with Gasteiger partial charge in [0.1, 0.15) is 11.6 Å². The van der Waals surface area contributed by atoms with Crippen molar-refractivity contribution in [1.82, 2.24) is 25.2 Å². The number of nitrogens with zero attached hydrogens (tertiary/aromatic N) is 5. The van der Waals surface area contributed by atoms with E-state index in [-0.39, 0.29) is 0 Å². The molecule has 4 aromatic rings. The maximum Gasteiger partial charge on any atom is 0.205 e. The monoisotopic (exact) mass is 353 g/mol. The minimum atomic E-state index is 0.528. The van der Waals surface area contributed by atoms with Crippen molar-refractivity contribution < 1.29 is 0 Å². The Bertz CT molecular complexity index is 922. The topological polar surface area (TPSA) is 56.5 Å². The van der Waals surface area contributed by atoms with Gasteiger partial charge in [0, 0.05) is 21.9 Å². The third-order valence-corrected chi connectivity index (χ3v) is 5.32. The van der Waals surface area contributed by atoms with Crippen LogP contribution in [-0.2, 0) is 13.0 Å². The van der Waals surface area contributed by atoms with E-state index >= 15 is 0 Å². The number of benzene rings is 1. The van der Waals surface area contributed by atoms with Gasteiger partial charge in [-0.2, -0.15) is 16.1 Å². The third kappa shape index (κ3) is 3.13. The molecule has 0 saturated carbocycles. The predicted molar refractivity (Wildman–Crippen MR) is 97.2 cm³/mol. The summed E-state index contributed by atoms with van der Waals surface area (Å²) in [5, 5.41) is 19.7. The lowest BCUT2D eigenvalue weighted by Gasteiger charge is -1.99. The van der Waals surface area contributed by atoms with Gasteiger partial charge in [-0.15, -0.1) is 21.5 Å². The van der Waals surface area contributed by atoms with Gasteiger partial charge in [0.25, 0.3) is 0 Å². The van der Waals surface area contributed by atoms with E-state index in [9.17, 15) is 0 Å². The van der Waals surface area contributed by atoms with E-state index in [1.807, 2.05) is 16.8 Å². The van der Waals surface area contributed by atoms with Crippen LogP contribution >= 0.6 is 22.7 Å². The molecule has 0 bridgehead atoms. The number of thiophene rings is 1. The Labute approximate surface area is 147 Å². The van der Waals surface area contributed by atoms with Crippen molar-refractivity contribution in [3.8, 4) is 22.0 Å². The second kappa shape index (κ2) is 6.62. The van der Waals surface area contributed by atoms with E-state index in [0.717, 1.165) is 28.2 Å². The SMILES string of the molecule is CCc1ccc(-c2nc(Cn3nnc(-c4ccsc4)n3)cs2)cc1. The second-order valence-electron chi connectivity index (χ2n) is 5.35. The Kier molecular flexibility index (Phi) is 4.18. The highest BCUT2D eigenvalue weighted by Gasteiger charge is 2.09. The van der Waals surface area contributed by atoms with Crippen molar-refractivity contribution >= 4 is 22.7 Å². The summed E-state index contributed by atoms with van der Waals surface area (Å²) in [6, 6.07) is 10.6. The zero-order valence-electron chi connectivity index (χ0n) is 13.1. The van der Waals surface area contributed by atoms with Gasteiger partial charge in [-0.3, -0.25) is 0 Å². The molecule has 7 heteroatoms. The highest BCUT2D eigenvalue weighted by Crippen LogP contribution is 2.24. The molecule has 3 aromatic heterocycles. The molecule has 0 aliphatic rings. The average molecular weight is 353 g/mol. The van der Waals surface area contributed by atoms with Gasteiger partial charge in [0.15, 0.2) is 0 Å². The first-order valence-corrected chi connectivity index (χ1v) is 9.48. The lowest BCUT2D eigenvalue weighted by Crippen LogP contribution is -2.04. The normalized spacial score (nSPS) is 11.0. The Morgan fingerprint density at radius 2 is 1.92 bits per heavy atom. The van der Waals surface area contributed by atoms with Gasteiger partial charge in [-0.25, -0.2) is 4.98 Å². The number of rotatable bonds is 5. The summed E-state index contributed by atoms with van der Waals surface area (Å²) in [7, 11) is 0. The van der Waals surface area contributed by atoms with Gasteiger partial charge in [0.05, 0.1) is 5.69 Å². The summed E-state index contributed by atoms with van der Waals surface area (Å²) in [6.45, 7) is 2.69. The molecule has 5 nitrogen and oxygen atoms in total. The van der Waals surface area contributed by atoms with Crippen LogP contribution in [0.5, 0.6) is 0 Å². The first-order valence-electron chi connectivity index (χ1n) is 7.66. The molecule has 0 aliphatic heterocycles. The molecule has 0 saturated heterocycles. The molecule has 0 fully saturated rings. The highest BCUT2D eigenvalue weighted by molar-refractivity contribution is 7.13. The van der Waals surface area contributed by atoms with Gasteiger partial charge in [-0.05, 0) is 28.6 Å². The highest BCUT2D eigenvalue weighted by atomic mass is 32.1. The van der Waals surface area contributed by atoms with E-state index in [1.165, 1.54) is 5.56 Å². The van der Waals surface area contributed by atoms with E-state index in [1.54, 1.807) is 27.5 Å². The molecule has 0 aliphatic carbocycles. The molecule has 4 rings (SSSR count). The number of aryl methyl sites for hydroxylation is 1. The lowest BCUT2D eigenvalue weighted by molar-refractivity contribution is 0.566. The third-order valence-electron chi connectivity index (χ3n) is 3.70. The number of hydrogen-bond donors (Lipinski definition) is 0. The van der Waals surface area contributed by atoms with Crippen LogP contribution in [0.4, 0.5) is 0 Å². The standard InChI is InChI=1S/C17H15N5S2/c1-2-12-3-5-13(6-4-12)17-18-15(11-24-17)9-22-20-16(19-21-22)14-7-8-23-10-14/h3-8,10-11H,2,9H2,1H3. The Morgan fingerprint density at radius 1 is 1.04 bits per heavy atom. The van der Waals surface area contributed by atoms with E-state index in [4.69, 9.17) is 4.98 Å². The quantitative estimate of drug-likeness (QED) is 0.541. The van der Waals surface area contributed by atoms with Crippen LogP contribution in [0.15, 0.2) is 46.5 Å². The van der Waals surface area contributed by atoms with E-state index in [0.29, 0.717) is 12.4 Å². The minimum absolute atomic E-state index is 0.528. The number of thiazole rings is 1. The van der Waals surface area contributed by atoms with E-state index in [2.05, 4.69) is 52.0 Å². The maximum atomic E-state index is 4.70. The smallest absolute Gasteiger partial charge is 0.205 e. The minimum Gasteiger partial charge on any atom is -0.239 e. The van der Waals surface area contributed by atoms with Gasteiger partial charge in [-0.1, -0.05) is 31.2 Å². The molecule has 0 unspecified atom stereocenters. The van der Waals surface area contributed by atoms with Crippen LogP contribution < -0.4 is 0 Å². The van der Waals surface area contributed by atoms with Crippen LogP contribution in [0.3, 0.4) is 0 Å². The molecule has 0 radical (unpaired) electrons. The van der Waals surface area contributed by atoms with Crippen LogP contribution in [0, 0.1) is 0 Å². The first kappa shape index (κ1) is 15.2. The largest absolute Gasteiger partial charge is 0.239 e. The van der Waals surface area contributed by atoms with E-state index < -0.39 is 0 Å². The predicted octanol–water partition coefficient (Wildman–Crippen LogP) is 4.14. The van der Waals surface area contributed by atoms with Crippen LogP contribution in [0.2, 0.25) is 0 Å². The molecule has 0 spiro atoms. The molecular weight excluding hydrogens is 338 g/mol. The molecule has 120 valence electrons. The zero-order chi connectivity index (χ0) is 16.4. The molecule has 0 N–H and O–H groups in total. The molecule has 24 heavy (non-hydrogen) atoms. The van der Waals surface area contributed by atoms with Crippen molar-refractivity contribution in [2.45, 2.75) is 19.9 Å². The Balaban J connectivity index is 1.50. The van der Waals surface area contributed by atoms with Crippen LogP contribution in [-0.4, -0.2) is 25.2 Å². The van der Waals surface area contributed by atoms with Crippen molar-refractivity contribution in [2.24, 2.45) is 0 Å². The number of tetrazole rings is 1. The fourth-order valence-electron chi connectivity index (χ4n) is 2.36. The second-order valence-corrected chi connectivity index (χ2v) is 6.99. The first-order chi connectivity index (χ1) is 11.8. The fraction of sp³-hybridized carbons (Fsp3) is 0.176. The molecule has 3 heterocycles. The van der Waals surface area contributed by atoms with Crippen molar-refractivity contribution in [3.05, 3.63) is 57.7 Å². The summed E-state index contributed by atoms with van der Waals surface area (Å²) < 4.78 is 0. The number of aromatic nitrogens is 5. The zero-order valence-corrected chi connectivity index (χ0v) is 14.7. The maximum absolute atomic E-state index is 4.70.